The maximum Gasteiger partial charge on any atom is 0.416 e. The van der Waals surface area contributed by atoms with Crippen LogP contribution < -0.4 is 5.73 Å². The minimum atomic E-state index is -4.50. The van der Waals surface area contributed by atoms with Gasteiger partial charge in [0.05, 0.1) is 11.3 Å². The maximum absolute atomic E-state index is 13.0. The lowest BCUT2D eigenvalue weighted by molar-refractivity contribution is -0.137. The van der Waals surface area contributed by atoms with Gasteiger partial charge in [-0.15, -0.1) is 0 Å². The summed E-state index contributed by atoms with van der Waals surface area (Å²) in [5.74, 6) is 0.0292. The van der Waals surface area contributed by atoms with Crippen LogP contribution in [0.1, 0.15) is 16.7 Å². The lowest BCUT2D eigenvalue weighted by atomic mass is 10.0. The minimum absolute atomic E-state index is 0.00181. The largest absolute Gasteiger partial charge is 0.416 e. The molecule has 0 bridgehead atoms. The van der Waals surface area contributed by atoms with Crippen LogP contribution in [-0.4, -0.2) is 9.78 Å². The van der Waals surface area contributed by atoms with E-state index >= 15 is 0 Å². The number of aryl methyl sites for hydroxylation is 1. The molecule has 0 amide bonds. The first-order valence-electron chi connectivity index (χ1n) is 7.44. The summed E-state index contributed by atoms with van der Waals surface area (Å²) in [4.78, 5) is 0. The molecule has 8 heteroatoms. The Balaban J connectivity index is 2.20. The Bertz CT molecular complexity index is 1010. The quantitative estimate of drug-likeness (QED) is 0.686. The van der Waals surface area contributed by atoms with Crippen molar-refractivity contribution in [3.05, 3.63) is 64.2 Å². The second-order valence-electron chi connectivity index (χ2n) is 5.70. The first kappa shape index (κ1) is 17.8. The molecule has 26 heavy (non-hydrogen) atoms. The van der Waals surface area contributed by atoms with Crippen LogP contribution in [0.25, 0.3) is 16.9 Å². The molecule has 4 nitrogen and oxygen atoms in total. The molecule has 0 atom stereocenters. The standard InChI is InChI=1S/C18H12ClF3N4/c1-10-5-13(19)8-14(6-10)26-17(24)15(9-23)16(25-26)11-3-2-4-12(7-11)18(20,21)22/h2-8H,24H2,1H3. The zero-order chi connectivity index (χ0) is 19.1. The summed E-state index contributed by atoms with van der Waals surface area (Å²) < 4.78 is 40.2. The number of alkyl halides is 3. The van der Waals surface area contributed by atoms with E-state index < -0.39 is 11.7 Å². The summed E-state index contributed by atoms with van der Waals surface area (Å²) >= 11 is 6.05. The zero-order valence-electron chi connectivity index (χ0n) is 13.5. The highest BCUT2D eigenvalue weighted by molar-refractivity contribution is 6.30. The molecule has 0 spiro atoms. The molecule has 3 rings (SSSR count). The molecule has 0 aliphatic heterocycles. The van der Waals surface area contributed by atoms with Crippen LogP contribution in [0.5, 0.6) is 0 Å². The summed E-state index contributed by atoms with van der Waals surface area (Å²) in [6.45, 7) is 1.83. The highest BCUT2D eigenvalue weighted by atomic mass is 35.5. The summed E-state index contributed by atoms with van der Waals surface area (Å²) in [7, 11) is 0. The molecule has 0 aliphatic rings. The van der Waals surface area contributed by atoms with Crippen molar-refractivity contribution in [2.45, 2.75) is 13.1 Å². The van der Waals surface area contributed by atoms with Crippen LogP contribution >= 0.6 is 11.6 Å². The van der Waals surface area contributed by atoms with Gasteiger partial charge in [0.1, 0.15) is 23.1 Å². The van der Waals surface area contributed by atoms with Crippen molar-refractivity contribution in [1.82, 2.24) is 9.78 Å². The van der Waals surface area contributed by atoms with Crippen LogP contribution in [0.4, 0.5) is 19.0 Å². The van der Waals surface area contributed by atoms with E-state index in [1.807, 2.05) is 13.0 Å². The number of benzene rings is 2. The average molecular weight is 377 g/mol. The number of hydrogen-bond acceptors (Lipinski definition) is 3. The van der Waals surface area contributed by atoms with Gasteiger partial charge in [0.25, 0.3) is 0 Å². The summed E-state index contributed by atoms with van der Waals surface area (Å²) in [5.41, 5.74) is 6.79. The van der Waals surface area contributed by atoms with E-state index in [4.69, 9.17) is 17.3 Å². The maximum atomic E-state index is 13.0. The zero-order valence-corrected chi connectivity index (χ0v) is 14.2. The van der Waals surface area contributed by atoms with E-state index in [9.17, 15) is 18.4 Å². The monoisotopic (exact) mass is 376 g/mol. The molecule has 1 heterocycles. The fraction of sp³-hybridized carbons (Fsp3) is 0.111. The fourth-order valence-electron chi connectivity index (χ4n) is 2.62. The van der Waals surface area contributed by atoms with Gasteiger partial charge in [0, 0.05) is 10.6 Å². The lowest BCUT2D eigenvalue weighted by Gasteiger charge is -2.07. The molecule has 1 aromatic heterocycles. The Kier molecular flexibility index (Phi) is 4.38. The van der Waals surface area contributed by atoms with Crippen molar-refractivity contribution in [2.75, 3.05) is 5.73 Å². The van der Waals surface area contributed by atoms with E-state index in [2.05, 4.69) is 5.10 Å². The topological polar surface area (TPSA) is 67.6 Å². The van der Waals surface area contributed by atoms with Crippen LogP contribution in [0.15, 0.2) is 42.5 Å². The van der Waals surface area contributed by atoms with Gasteiger partial charge >= 0.3 is 6.18 Å². The van der Waals surface area contributed by atoms with Gasteiger partial charge in [0.15, 0.2) is 0 Å². The van der Waals surface area contributed by atoms with E-state index in [1.54, 1.807) is 18.2 Å². The molecular weight excluding hydrogens is 365 g/mol. The van der Waals surface area contributed by atoms with Crippen molar-refractivity contribution in [2.24, 2.45) is 0 Å². The van der Waals surface area contributed by atoms with Gasteiger partial charge in [-0.25, -0.2) is 4.68 Å². The molecule has 0 fully saturated rings. The molecule has 0 aliphatic carbocycles. The van der Waals surface area contributed by atoms with E-state index in [0.717, 1.165) is 17.7 Å². The molecule has 0 saturated carbocycles. The Morgan fingerprint density at radius 1 is 1.19 bits per heavy atom. The van der Waals surface area contributed by atoms with Crippen LogP contribution in [0.2, 0.25) is 5.02 Å². The summed E-state index contributed by atoms with van der Waals surface area (Å²) in [6.07, 6.45) is -4.50. The first-order chi connectivity index (χ1) is 12.2. The summed E-state index contributed by atoms with van der Waals surface area (Å²) in [5, 5.41) is 14.1. The number of nitrogens with zero attached hydrogens (tertiary/aromatic N) is 3. The molecule has 0 unspecified atom stereocenters. The molecule has 3 aromatic rings. The minimum Gasteiger partial charge on any atom is -0.382 e. The number of halogens is 4. The smallest absolute Gasteiger partial charge is 0.382 e. The Morgan fingerprint density at radius 3 is 2.54 bits per heavy atom. The third-order valence-electron chi connectivity index (χ3n) is 3.77. The summed E-state index contributed by atoms with van der Waals surface area (Å²) in [6, 6.07) is 11.6. The lowest BCUT2D eigenvalue weighted by Crippen LogP contribution is -2.04. The van der Waals surface area contributed by atoms with E-state index in [-0.39, 0.29) is 22.6 Å². The third kappa shape index (κ3) is 3.24. The van der Waals surface area contributed by atoms with Crippen LogP contribution in [-0.2, 0) is 6.18 Å². The van der Waals surface area contributed by atoms with Gasteiger partial charge in [0.2, 0.25) is 0 Å². The van der Waals surface area contributed by atoms with Crippen molar-refractivity contribution in [3.63, 3.8) is 0 Å². The molecule has 132 valence electrons. The SMILES string of the molecule is Cc1cc(Cl)cc(-n2nc(-c3cccc(C(F)(F)F)c3)c(C#N)c2N)c1. The predicted octanol–water partition coefficient (Wildman–Crippen LogP) is 4.97. The molecule has 2 aromatic carbocycles. The van der Waals surface area contributed by atoms with Crippen molar-refractivity contribution >= 4 is 17.4 Å². The Labute approximate surface area is 152 Å². The van der Waals surface area contributed by atoms with E-state index in [1.165, 1.54) is 16.8 Å². The van der Waals surface area contributed by atoms with Gasteiger partial charge in [-0.2, -0.15) is 23.5 Å². The van der Waals surface area contributed by atoms with E-state index in [0.29, 0.717) is 10.7 Å². The fourth-order valence-corrected chi connectivity index (χ4v) is 2.91. The molecular formula is C18H12ClF3N4. The Hall–Kier alpha value is -2.98. The highest BCUT2D eigenvalue weighted by Crippen LogP contribution is 2.34. The molecule has 0 saturated heterocycles. The second kappa shape index (κ2) is 6.39. The number of hydrogen-bond donors (Lipinski definition) is 1. The van der Waals surface area contributed by atoms with Crippen molar-refractivity contribution in [3.8, 4) is 23.0 Å². The van der Waals surface area contributed by atoms with Crippen molar-refractivity contribution < 1.29 is 13.2 Å². The van der Waals surface area contributed by atoms with Gasteiger partial charge in [-0.1, -0.05) is 23.7 Å². The van der Waals surface area contributed by atoms with Crippen molar-refractivity contribution in [1.29, 1.82) is 5.26 Å². The average Bonchev–Trinajstić information content (AvgIpc) is 2.90. The van der Waals surface area contributed by atoms with Crippen LogP contribution in [0.3, 0.4) is 0 Å². The second-order valence-corrected chi connectivity index (χ2v) is 6.13. The number of nitrogens with two attached hydrogens (primary N) is 1. The first-order valence-corrected chi connectivity index (χ1v) is 7.82. The number of nitrogen functional groups attached to an aromatic ring is 1. The van der Waals surface area contributed by atoms with Gasteiger partial charge in [-0.05, 0) is 42.8 Å². The Morgan fingerprint density at radius 2 is 1.92 bits per heavy atom. The normalized spacial score (nSPS) is 11.4. The number of aromatic nitrogens is 2. The van der Waals surface area contributed by atoms with Crippen LogP contribution in [0, 0.1) is 18.3 Å². The van der Waals surface area contributed by atoms with Gasteiger partial charge in [-0.3, -0.25) is 0 Å². The number of nitriles is 1. The number of anilines is 1. The molecule has 2 N–H and O–H groups in total. The predicted molar refractivity (Wildman–Crippen MR) is 92.9 cm³/mol. The number of rotatable bonds is 2. The highest BCUT2D eigenvalue weighted by Gasteiger charge is 2.31. The van der Waals surface area contributed by atoms with Gasteiger partial charge < -0.3 is 5.73 Å². The third-order valence-corrected chi connectivity index (χ3v) is 3.99. The molecule has 0 radical (unpaired) electrons.